The predicted octanol–water partition coefficient (Wildman–Crippen LogP) is 3.22. The second-order valence-electron chi connectivity index (χ2n) is 4.16. The van der Waals surface area contributed by atoms with Gasteiger partial charge in [0, 0.05) is 18.7 Å². The maximum atomic E-state index is 10.6. The van der Waals surface area contributed by atoms with Crippen molar-refractivity contribution in [3.8, 4) is 0 Å². The molecule has 100 valence electrons. The molecule has 0 aliphatic heterocycles. The molecular formula is C13H20N2O2S. The predicted molar refractivity (Wildman–Crippen MR) is 77.0 cm³/mol. The standard InChI is InChI=1S/C13H20N2O2S/c1-18-9-4-2-3-8-14-11-12-6-5-7-13(10-12)15(16)17/h5-7,10,14H,2-4,8-9,11H2,1H3. The summed E-state index contributed by atoms with van der Waals surface area (Å²) in [7, 11) is 0. The molecule has 0 unspecified atom stereocenters. The van der Waals surface area contributed by atoms with Gasteiger partial charge in [0.25, 0.3) is 5.69 Å². The SMILES string of the molecule is CSCCCCCNCc1cccc([N+](=O)[O-])c1. The summed E-state index contributed by atoms with van der Waals surface area (Å²) in [5, 5.41) is 13.9. The molecular weight excluding hydrogens is 248 g/mol. The van der Waals surface area contributed by atoms with Crippen LogP contribution >= 0.6 is 11.8 Å². The van der Waals surface area contributed by atoms with Gasteiger partial charge in [0.15, 0.2) is 0 Å². The lowest BCUT2D eigenvalue weighted by atomic mass is 10.2. The molecule has 1 aromatic carbocycles. The van der Waals surface area contributed by atoms with Gasteiger partial charge in [-0.1, -0.05) is 18.6 Å². The second kappa shape index (κ2) is 8.94. The summed E-state index contributed by atoms with van der Waals surface area (Å²) < 4.78 is 0. The van der Waals surface area contributed by atoms with Crippen LogP contribution in [0.5, 0.6) is 0 Å². The van der Waals surface area contributed by atoms with Crippen LogP contribution in [-0.4, -0.2) is 23.5 Å². The van der Waals surface area contributed by atoms with E-state index in [4.69, 9.17) is 0 Å². The average molecular weight is 268 g/mol. The molecule has 1 N–H and O–H groups in total. The Morgan fingerprint density at radius 3 is 2.89 bits per heavy atom. The van der Waals surface area contributed by atoms with Gasteiger partial charge in [-0.3, -0.25) is 10.1 Å². The summed E-state index contributed by atoms with van der Waals surface area (Å²) in [6, 6.07) is 6.79. The summed E-state index contributed by atoms with van der Waals surface area (Å²) in [4.78, 5) is 10.3. The monoisotopic (exact) mass is 268 g/mol. The number of unbranched alkanes of at least 4 members (excludes halogenated alkanes) is 2. The van der Waals surface area contributed by atoms with E-state index >= 15 is 0 Å². The quantitative estimate of drug-likeness (QED) is 0.424. The van der Waals surface area contributed by atoms with Crippen LogP contribution in [0.1, 0.15) is 24.8 Å². The molecule has 1 aromatic rings. The zero-order chi connectivity index (χ0) is 13.2. The first kappa shape index (κ1) is 15.0. The van der Waals surface area contributed by atoms with Gasteiger partial charge < -0.3 is 5.32 Å². The maximum absolute atomic E-state index is 10.6. The van der Waals surface area contributed by atoms with E-state index in [0.717, 1.165) is 18.5 Å². The number of hydrogen-bond acceptors (Lipinski definition) is 4. The molecule has 5 heteroatoms. The Morgan fingerprint density at radius 1 is 1.33 bits per heavy atom. The summed E-state index contributed by atoms with van der Waals surface area (Å²) >= 11 is 1.88. The van der Waals surface area contributed by atoms with E-state index in [2.05, 4.69) is 11.6 Å². The summed E-state index contributed by atoms with van der Waals surface area (Å²) in [5.41, 5.74) is 1.13. The first-order valence-corrected chi connectivity index (χ1v) is 7.56. The van der Waals surface area contributed by atoms with Gasteiger partial charge in [0.2, 0.25) is 0 Å². The third-order valence-corrected chi connectivity index (χ3v) is 3.35. The normalized spacial score (nSPS) is 10.5. The third kappa shape index (κ3) is 6.02. The first-order chi connectivity index (χ1) is 8.74. The average Bonchev–Trinajstić information content (AvgIpc) is 2.38. The van der Waals surface area contributed by atoms with Crippen molar-refractivity contribution >= 4 is 17.4 Å². The Kier molecular flexibility index (Phi) is 7.44. The van der Waals surface area contributed by atoms with Crippen LogP contribution in [0.4, 0.5) is 5.69 Å². The smallest absolute Gasteiger partial charge is 0.269 e. The highest BCUT2D eigenvalue weighted by Crippen LogP contribution is 2.12. The van der Waals surface area contributed by atoms with Gasteiger partial charge in [-0.05, 0) is 37.0 Å². The Morgan fingerprint density at radius 2 is 2.17 bits per heavy atom. The van der Waals surface area contributed by atoms with Crippen molar-refractivity contribution in [1.82, 2.24) is 5.32 Å². The van der Waals surface area contributed by atoms with Gasteiger partial charge >= 0.3 is 0 Å². The van der Waals surface area contributed by atoms with E-state index in [1.165, 1.54) is 24.7 Å². The fraction of sp³-hybridized carbons (Fsp3) is 0.538. The van der Waals surface area contributed by atoms with Crippen molar-refractivity contribution < 1.29 is 4.92 Å². The molecule has 0 heterocycles. The number of nitrogens with zero attached hydrogens (tertiary/aromatic N) is 1. The molecule has 0 aliphatic carbocycles. The Hall–Kier alpha value is -1.07. The Balaban J connectivity index is 2.19. The topological polar surface area (TPSA) is 55.2 Å². The van der Waals surface area contributed by atoms with Crippen LogP contribution in [0.2, 0.25) is 0 Å². The van der Waals surface area contributed by atoms with E-state index in [0.29, 0.717) is 6.54 Å². The minimum Gasteiger partial charge on any atom is -0.313 e. The van der Waals surface area contributed by atoms with E-state index in [9.17, 15) is 10.1 Å². The summed E-state index contributed by atoms with van der Waals surface area (Å²) in [6.45, 7) is 1.67. The summed E-state index contributed by atoms with van der Waals surface area (Å²) in [5.74, 6) is 1.23. The molecule has 0 atom stereocenters. The zero-order valence-corrected chi connectivity index (χ0v) is 11.5. The molecule has 0 radical (unpaired) electrons. The van der Waals surface area contributed by atoms with Gasteiger partial charge in [-0.15, -0.1) is 0 Å². The third-order valence-electron chi connectivity index (χ3n) is 2.65. The van der Waals surface area contributed by atoms with Crippen LogP contribution < -0.4 is 5.32 Å². The van der Waals surface area contributed by atoms with Crippen molar-refractivity contribution in [2.45, 2.75) is 25.8 Å². The summed E-state index contributed by atoms with van der Waals surface area (Å²) in [6.07, 6.45) is 5.79. The number of thioether (sulfide) groups is 1. The molecule has 1 rings (SSSR count). The van der Waals surface area contributed by atoms with Crippen LogP contribution in [0.25, 0.3) is 0 Å². The number of benzene rings is 1. The maximum Gasteiger partial charge on any atom is 0.269 e. The fourth-order valence-corrected chi connectivity index (χ4v) is 2.18. The highest BCUT2D eigenvalue weighted by Gasteiger charge is 2.04. The highest BCUT2D eigenvalue weighted by molar-refractivity contribution is 7.98. The number of rotatable bonds is 9. The highest BCUT2D eigenvalue weighted by atomic mass is 32.2. The van der Waals surface area contributed by atoms with Gasteiger partial charge in [0.05, 0.1) is 4.92 Å². The van der Waals surface area contributed by atoms with Crippen molar-refractivity contribution in [2.24, 2.45) is 0 Å². The molecule has 0 amide bonds. The van der Waals surface area contributed by atoms with E-state index in [1.54, 1.807) is 12.1 Å². The van der Waals surface area contributed by atoms with Crippen molar-refractivity contribution in [1.29, 1.82) is 0 Å². The zero-order valence-electron chi connectivity index (χ0n) is 10.7. The Labute approximate surface area is 112 Å². The van der Waals surface area contributed by atoms with Crippen LogP contribution in [-0.2, 0) is 6.54 Å². The fourth-order valence-electron chi connectivity index (χ4n) is 1.69. The molecule has 0 saturated carbocycles. The minimum absolute atomic E-state index is 0.161. The lowest BCUT2D eigenvalue weighted by molar-refractivity contribution is -0.384. The molecule has 4 nitrogen and oxygen atoms in total. The van der Waals surface area contributed by atoms with E-state index in [-0.39, 0.29) is 10.6 Å². The number of nitrogens with one attached hydrogen (secondary N) is 1. The van der Waals surface area contributed by atoms with Gasteiger partial charge in [0.1, 0.15) is 0 Å². The van der Waals surface area contributed by atoms with Crippen molar-refractivity contribution in [3.05, 3.63) is 39.9 Å². The lowest BCUT2D eigenvalue weighted by Gasteiger charge is -2.04. The lowest BCUT2D eigenvalue weighted by Crippen LogP contribution is -2.14. The van der Waals surface area contributed by atoms with Crippen molar-refractivity contribution in [3.63, 3.8) is 0 Å². The molecule has 0 fully saturated rings. The largest absolute Gasteiger partial charge is 0.313 e. The first-order valence-electron chi connectivity index (χ1n) is 6.17. The van der Waals surface area contributed by atoms with Crippen LogP contribution in [0.3, 0.4) is 0 Å². The number of nitro benzene ring substituents is 1. The Bertz CT molecular complexity index is 372. The van der Waals surface area contributed by atoms with Crippen LogP contribution in [0, 0.1) is 10.1 Å². The molecule has 18 heavy (non-hydrogen) atoms. The molecule has 0 saturated heterocycles. The number of non-ortho nitro benzene ring substituents is 1. The van der Waals surface area contributed by atoms with Gasteiger partial charge in [-0.25, -0.2) is 0 Å². The van der Waals surface area contributed by atoms with Crippen molar-refractivity contribution in [2.75, 3.05) is 18.6 Å². The second-order valence-corrected chi connectivity index (χ2v) is 5.14. The molecule has 0 bridgehead atoms. The molecule has 0 aromatic heterocycles. The van der Waals surface area contributed by atoms with Gasteiger partial charge in [-0.2, -0.15) is 11.8 Å². The molecule has 0 spiro atoms. The van der Waals surface area contributed by atoms with E-state index in [1.807, 2.05) is 17.8 Å². The number of nitro groups is 1. The van der Waals surface area contributed by atoms with Crippen LogP contribution in [0.15, 0.2) is 24.3 Å². The molecule has 0 aliphatic rings. The minimum atomic E-state index is -0.355. The van der Waals surface area contributed by atoms with E-state index < -0.39 is 0 Å². The number of hydrogen-bond donors (Lipinski definition) is 1.